The molecule has 4 heteroatoms. The Labute approximate surface area is 127 Å². The van der Waals surface area contributed by atoms with E-state index < -0.39 is 0 Å². The van der Waals surface area contributed by atoms with Gasteiger partial charge < -0.3 is 14.4 Å². The van der Waals surface area contributed by atoms with Gasteiger partial charge in [0.25, 0.3) is 0 Å². The van der Waals surface area contributed by atoms with E-state index in [9.17, 15) is 0 Å². The van der Waals surface area contributed by atoms with Crippen molar-refractivity contribution >= 4 is 11.0 Å². The molecular formula is C17H26N4. The van der Waals surface area contributed by atoms with Crippen LogP contribution in [-0.2, 0) is 6.54 Å². The molecule has 1 aliphatic rings. The fourth-order valence-electron chi connectivity index (χ4n) is 3.29. The summed E-state index contributed by atoms with van der Waals surface area (Å²) in [5.74, 6) is 0. The van der Waals surface area contributed by atoms with E-state index in [1.54, 1.807) is 0 Å². The second kappa shape index (κ2) is 6.58. The summed E-state index contributed by atoms with van der Waals surface area (Å²) >= 11 is 0. The van der Waals surface area contributed by atoms with E-state index in [4.69, 9.17) is 0 Å². The number of benzene rings is 1. The van der Waals surface area contributed by atoms with Crippen molar-refractivity contribution in [2.24, 2.45) is 0 Å². The van der Waals surface area contributed by atoms with Gasteiger partial charge in [-0.15, -0.1) is 0 Å². The maximum absolute atomic E-state index is 4.45. The van der Waals surface area contributed by atoms with Crippen LogP contribution in [0.5, 0.6) is 0 Å². The molecule has 0 saturated carbocycles. The third kappa shape index (κ3) is 3.44. The number of nitrogens with zero attached hydrogens (tertiary/aromatic N) is 4. The molecule has 1 aromatic heterocycles. The molecule has 0 bridgehead atoms. The molecule has 2 heterocycles. The quantitative estimate of drug-likeness (QED) is 0.815. The molecule has 0 aliphatic carbocycles. The van der Waals surface area contributed by atoms with Crippen LogP contribution in [0, 0.1) is 0 Å². The third-order valence-electron chi connectivity index (χ3n) is 4.77. The molecule has 0 spiro atoms. The van der Waals surface area contributed by atoms with Gasteiger partial charge in [0.05, 0.1) is 17.4 Å². The fourth-order valence-corrected chi connectivity index (χ4v) is 3.29. The van der Waals surface area contributed by atoms with Crippen LogP contribution < -0.4 is 0 Å². The number of hydrogen-bond donors (Lipinski definition) is 0. The summed E-state index contributed by atoms with van der Waals surface area (Å²) in [6, 6.07) is 9.15. The lowest BCUT2D eigenvalue weighted by molar-refractivity contribution is 0.245. The highest BCUT2D eigenvalue weighted by Gasteiger charge is 2.20. The highest BCUT2D eigenvalue weighted by molar-refractivity contribution is 5.74. The molecule has 3 rings (SSSR count). The number of fused-ring (bicyclic) bond motifs is 1. The monoisotopic (exact) mass is 286 g/mol. The Balaban J connectivity index is 1.48. The SMILES string of the molecule is CN(CCC1CCCN1C)CCn1cnc2ccccc21. The van der Waals surface area contributed by atoms with Crippen molar-refractivity contribution in [2.75, 3.05) is 33.7 Å². The van der Waals surface area contributed by atoms with Gasteiger partial charge in [-0.3, -0.25) is 0 Å². The molecule has 1 fully saturated rings. The normalized spacial score (nSPS) is 19.9. The number of para-hydroxylation sites is 2. The van der Waals surface area contributed by atoms with Crippen molar-refractivity contribution < 1.29 is 0 Å². The van der Waals surface area contributed by atoms with Crippen LogP contribution in [0.4, 0.5) is 0 Å². The van der Waals surface area contributed by atoms with Crippen LogP contribution in [0.25, 0.3) is 11.0 Å². The zero-order valence-electron chi connectivity index (χ0n) is 13.2. The standard InChI is InChI=1S/C17H26N4/c1-19(11-9-15-6-5-10-20(15)2)12-13-21-14-18-16-7-3-4-8-17(16)21/h3-4,7-8,14-15H,5-6,9-13H2,1-2H3. The molecule has 114 valence electrons. The molecule has 1 aliphatic heterocycles. The maximum Gasteiger partial charge on any atom is 0.0958 e. The van der Waals surface area contributed by atoms with Crippen molar-refractivity contribution in [3.8, 4) is 0 Å². The molecule has 0 radical (unpaired) electrons. The molecule has 1 unspecified atom stereocenters. The number of likely N-dealkylation sites (tertiary alicyclic amines) is 1. The minimum absolute atomic E-state index is 0.793. The number of rotatable bonds is 6. The topological polar surface area (TPSA) is 24.3 Å². The van der Waals surface area contributed by atoms with Gasteiger partial charge in [-0.2, -0.15) is 0 Å². The first-order valence-electron chi connectivity index (χ1n) is 8.02. The predicted molar refractivity (Wildman–Crippen MR) is 87.5 cm³/mol. The minimum atomic E-state index is 0.793. The van der Waals surface area contributed by atoms with Crippen LogP contribution in [0.3, 0.4) is 0 Å². The first-order valence-corrected chi connectivity index (χ1v) is 8.02. The summed E-state index contributed by atoms with van der Waals surface area (Å²) in [6.45, 7) is 4.55. The number of likely N-dealkylation sites (N-methyl/N-ethyl adjacent to an activating group) is 1. The van der Waals surface area contributed by atoms with Crippen molar-refractivity contribution in [3.05, 3.63) is 30.6 Å². The van der Waals surface area contributed by atoms with Gasteiger partial charge in [0.1, 0.15) is 0 Å². The largest absolute Gasteiger partial charge is 0.329 e. The molecule has 4 nitrogen and oxygen atoms in total. The molecule has 0 amide bonds. The first kappa shape index (κ1) is 14.5. The highest BCUT2D eigenvalue weighted by Crippen LogP contribution is 2.18. The van der Waals surface area contributed by atoms with E-state index in [0.29, 0.717) is 0 Å². The van der Waals surface area contributed by atoms with E-state index >= 15 is 0 Å². The van der Waals surface area contributed by atoms with Crippen LogP contribution >= 0.6 is 0 Å². The van der Waals surface area contributed by atoms with Crippen molar-refractivity contribution in [1.82, 2.24) is 19.4 Å². The predicted octanol–water partition coefficient (Wildman–Crippen LogP) is 2.45. The average Bonchev–Trinajstić information content (AvgIpc) is 3.09. The Morgan fingerprint density at radius 1 is 1.29 bits per heavy atom. The van der Waals surface area contributed by atoms with Gasteiger partial charge in [-0.25, -0.2) is 4.98 Å². The second-order valence-corrected chi connectivity index (χ2v) is 6.30. The van der Waals surface area contributed by atoms with Gasteiger partial charge in [0, 0.05) is 19.1 Å². The third-order valence-corrected chi connectivity index (χ3v) is 4.77. The lowest BCUT2D eigenvalue weighted by Gasteiger charge is -2.23. The Hall–Kier alpha value is -1.39. The van der Waals surface area contributed by atoms with Gasteiger partial charge in [-0.1, -0.05) is 12.1 Å². The summed E-state index contributed by atoms with van der Waals surface area (Å²) in [5.41, 5.74) is 2.33. The number of imidazole rings is 1. The summed E-state index contributed by atoms with van der Waals surface area (Å²) < 4.78 is 2.26. The van der Waals surface area contributed by atoms with E-state index in [-0.39, 0.29) is 0 Å². The minimum Gasteiger partial charge on any atom is -0.329 e. The zero-order chi connectivity index (χ0) is 14.7. The Kier molecular flexibility index (Phi) is 4.56. The molecule has 21 heavy (non-hydrogen) atoms. The van der Waals surface area contributed by atoms with Crippen LogP contribution in [0.15, 0.2) is 30.6 Å². The molecule has 1 saturated heterocycles. The Morgan fingerprint density at radius 2 is 2.14 bits per heavy atom. The first-order chi connectivity index (χ1) is 10.2. The van der Waals surface area contributed by atoms with Crippen molar-refractivity contribution in [3.63, 3.8) is 0 Å². The molecule has 2 aromatic rings. The van der Waals surface area contributed by atoms with E-state index in [1.807, 2.05) is 12.4 Å². The molecule has 0 N–H and O–H groups in total. The molecule has 1 atom stereocenters. The van der Waals surface area contributed by atoms with E-state index in [2.05, 4.69) is 51.6 Å². The average molecular weight is 286 g/mol. The summed E-state index contributed by atoms with van der Waals surface area (Å²) in [6.07, 6.45) is 5.99. The van der Waals surface area contributed by atoms with Crippen LogP contribution in [0.1, 0.15) is 19.3 Å². The summed E-state index contributed by atoms with van der Waals surface area (Å²) in [5, 5.41) is 0. The van der Waals surface area contributed by atoms with Crippen molar-refractivity contribution in [2.45, 2.75) is 31.8 Å². The van der Waals surface area contributed by atoms with Crippen LogP contribution in [-0.4, -0.2) is 59.1 Å². The fraction of sp³-hybridized carbons (Fsp3) is 0.588. The lowest BCUT2D eigenvalue weighted by atomic mass is 10.1. The van der Waals surface area contributed by atoms with Gasteiger partial charge in [-0.05, 0) is 58.6 Å². The zero-order valence-corrected chi connectivity index (χ0v) is 13.2. The van der Waals surface area contributed by atoms with Crippen molar-refractivity contribution in [1.29, 1.82) is 0 Å². The van der Waals surface area contributed by atoms with E-state index in [1.165, 1.54) is 37.9 Å². The molecular weight excluding hydrogens is 260 g/mol. The Bertz CT molecular complexity index is 577. The van der Waals surface area contributed by atoms with Gasteiger partial charge >= 0.3 is 0 Å². The lowest BCUT2D eigenvalue weighted by Crippen LogP contribution is -2.31. The summed E-state index contributed by atoms with van der Waals surface area (Å²) in [4.78, 5) is 9.41. The molecule has 1 aromatic carbocycles. The second-order valence-electron chi connectivity index (χ2n) is 6.30. The van der Waals surface area contributed by atoms with Crippen LogP contribution in [0.2, 0.25) is 0 Å². The van der Waals surface area contributed by atoms with Gasteiger partial charge in [0.2, 0.25) is 0 Å². The highest BCUT2D eigenvalue weighted by atomic mass is 15.2. The maximum atomic E-state index is 4.45. The summed E-state index contributed by atoms with van der Waals surface area (Å²) in [7, 11) is 4.49. The van der Waals surface area contributed by atoms with Gasteiger partial charge in [0.15, 0.2) is 0 Å². The number of hydrogen-bond acceptors (Lipinski definition) is 3. The smallest absolute Gasteiger partial charge is 0.0958 e. The van der Waals surface area contributed by atoms with E-state index in [0.717, 1.165) is 24.6 Å². The Morgan fingerprint density at radius 3 is 2.95 bits per heavy atom. The number of aromatic nitrogens is 2.